The number of hydrogen-bond acceptors (Lipinski definition) is 2. The summed E-state index contributed by atoms with van der Waals surface area (Å²) in [5.74, 6) is 0.936. The number of aryl methyl sites for hydroxylation is 2. The Kier molecular flexibility index (Phi) is 3.37. The Bertz CT molecular complexity index is 462. The first kappa shape index (κ1) is 10.9. The molecule has 0 unspecified atom stereocenters. The van der Waals surface area contributed by atoms with Crippen LogP contribution in [0.5, 0.6) is 0 Å². The number of hydrogen-bond donors (Lipinski definition) is 2. The van der Waals surface area contributed by atoms with Crippen LogP contribution in [0, 0.1) is 6.92 Å². The average Bonchev–Trinajstić information content (AvgIpc) is 2.75. The van der Waals surface area contributed by atoms with E-state index in [9.17, 15) is 0 Å². The van der Waals surface area contributed by atoms with Crippen LogP contribution in [0.25, 0.3) is 11.3 Å². The lowest BCUT2D eigenvalue weighted by molar-refractivity contribution is 0.287. The summed E-state index contributed by atoms with van der Waals surface area (Å²) in [5, 5.41) is 8.75. The van der Waals surface area contributed by atoms with Gasteiger partial charge in [-0.05, 0) is 25.0 Å². The van der Waals surface area contributed by atoms with Crippen molar-refractivity contribution in [1.29, 1.82) is 0 Å². The van der Waals surface area contributed by atoms with Gasteiger partial charge in [-0.1, -0.05) is 23.8 Å². The Morgan fingerprint density at radius 1 is 1.38 bits per heavy atom. The number of aliphatic hydroxyl groups is 1. The fourth-order valence-electron chi connectivity index (χ4n) is 1.70. The van der Waals surface area contributed by atoms with Crippen molar-refractivity contribution >= 4 is 0 Å². The molecule has 0 aliphatic carbocycles. The van der Waals surface area contributed by atoms with Gasteiger partial charge in [-0.2, -0.15) is 0 Å². The summed E-state index contributed by atoms with van der Waals surface area (Å²) >= 11 is 0. The number of nitrogens with zero attached hydrogens (tertiary/aromatic N) is 1. The molecule has 0 aliphatic heterocycles. The van der Waals surface area contributed by atoms with Gasteiger partial charge in [0.2, 0.25) is 0 Å². The van der Waals surface area contributed by atoms with Gasteiger partial charge in [-0.25, -0.2) is 4.98 Å². The summed E-state index contributed by atoms with van der Waals surface area (Å²) < 4.78 is 0. The van der Waals surface area contributed by atoms with E-state index in [0.29, 0.717) is 0 Å². The van der Waals surface area contributed by atoms with Gasteiger partial charge in [0.05, 0.1) is 11.9 Å². The molecular formula is C13H16N2O. The van der Waals surface area contributed by atoms with Gasteiger partial charge in [-0.15, -0.1) is 0 Å². The predicted molar refractivity (Wildman–Crippen MR) is 64.2 cm³/mol. The molecule has 3 nitrogen and oxygen atoms in total. The van der Waals surface area contributed by atoms with Crippen molar-refractivity contribution in [1.82, 2.24) is 9.97 Å². The minimum absolute atomic E-state index is 0.209. The molecule has 0 aliphatic rings. The second kappa shape index (κ2) is 4.94. The maximum atomic E-state index is 8.75. The second-order valence-electron chi connectivity index (χ2n) is 3.94. The standard InChI is InChI=1S/C13H16N2O/c1-10-4-2-5-11(8-10)12-9-14-13(15-12)6-3-7-16/h2,4-5,8-9,16H,3,6-7H2,1H3,(H,14,15). The zero-order chi connectivity index (χ0) is 11.4. The average molecular weight is 216 g/mol. The first-order chi connectivity index (χ1) is 7.79. The van der Waals surface area contributed by atoms with Crippen LogP contribution in [0.1, 0.15) is 17.8 Å². The number of aromatic nitrogens is 2. The molecule has 0 amide bonds. The van der Waals surface area contributed by atoms with Crippen LogP contribution in [0.15, 0.2) is 30.5 Å². The lowest BCUT2D eigenvalue weighted by Crippen LogP contribution is -1.91. The Morgan fingerprint density at radius 3 is 3.00 bits per heavy atom. The van der Waals surface area contributed by atoms with Gasteiger partial charge in [0.25, 0.3) is 0 Å². The molecule has 16 heavy (non-hydrogen) atoms. The number of benzene rings is 1. The van der Waals surface area contributed by atoms with E-state index in [-0.39, 0.29) is 6.61 Å². The number of rotatable bonds is 4. The van der Waals surface area contributed by atoms with Gasteiger partial charge in [-0.3, -0.25) is 0 Å². The van der Waals surface area contributed by atoms with E-state index in [1.165, 1.54) is 5.56 Å². The molecule has 1 aromatic carbocycles. The van der Waals surface area contributed by atoms with Gasteiger partial charge in [0.1, 0.15) is 5.82 Å². The maximum absolute atomic E-state index is 8.75. The predicted octanol–water partition coefficient (Wildman–Crippen LogP) is 2.31. The van der Waals surface area contributed by atoms with Crippen LogP contribution in [-0.4, -0.2) is 21.7 Å². The van der Waals surface area contributed by atoms with Crippen LogP contribution in [0.4, 0.5) is 0 Å². The summed E-state index contributed by atoms with van der Waals surface area (Å²) in [6.45, 7) is 2.28. The van der Waals surface area contributed by atoms with E-state index >= 15 is 0 Å². The van der Waals surface area contributed by atoms with E-state index in [1.807, 2.05) is 12.3 Å². The molecule has 0 spiro atoms. The topological polar surface area (TPSA) is 48.9 Å². The molecule has 2 rings (SSSR count). The molecule has 1 heterocycles. The van der Waals surface area contributed by atoms with Crippen molar-refractivity contribution in [3.8, 4) is 11.3 Å². The van der Waals surface area contributed by atoms with Crippen molar-refractivity contribution in [3.05, 3.63) is 41.9 Å². The molecule has 2 aromatic rings. The highest BCUT2D eigenvalue weighted by Crippen LogP contribution is 2.18. The molecule has 0 bridgehead atoms. The molecule has 84 valence electrons. The second-order valence-corrected chi connectivity index (χ2v) is 3.94. The van der Waals surface area contributed by atoms with Crippen LogP contribution < -0.4 is 0 Å². The van der Waals surface area contributed by atoms with E-state index in [0.717, 1.165) is 29.9 Å². The number of aromatic amines is 1. The van der Waals surface area contributed by atoms with E-state index in [1.54, 1.807) is 0 Å². The number of nitrogens with one attached hydrogen (secondary N) is 1. The summed E-state index contributed by atoms with van der Waals surface area (Å²) in [7, 11) is 0. The third-order valence-corrected chi connectivity index (χ3v) is 2.53. The van der Waals surface area contributed by atoms with Gasteiger partial charge >= 0.3 is 0 Å². The molecule has 3 heteroatoms. The summed E-state index contributed by atoms with van der Waals surface area (Å²) in [4.78, 5) is 7.56. The number of aliphatic hydroxyl groups excluding tert-OH is 1. The number of imidazole rings is 1. The van der Waals surface area contributed by atoms with Crippen molar-refractivity contribution in [2.75, 3.05) is 6.61 Å². The summed E-state index contributed by atoms with van der Waals surface area (Å²) in [6.07, 6.45) is 3.39. The maximum Gasteiger partial charge on any atom is 0.106 e. The zero-order valence-corrected chi connectivity index (χ0v) is 9.40. The minimum Gasteiger partial charge on any atom is -0.396 e. The van der Waals surface area contributed by atoms with Gasteiger partial charge in [0, 0.05) is 13.0 Å². The van der Waals surface area contributed by atoms with Crippen molar-refractivity contribution in [2.45, 2.75) is 19.8 Å². The minimum atomic E-state index is 0.209. The third kappa shape index (κ3) is 2.49. The third-order valence-electron chi connectivity index (χ3n) is 2.53. The van der Waals surface area contributed by atoms with E-state index in [2.05, 4.69) is 35.1 Å². The molecular weight excluding hydrogens is 200 g/mol. The van der Waals surface area contributed by atoms with Crippen LogP contribution in [0.2, 0.25) is 0 Å². The monoisotopic (exact) mass is 216 g/mol. The fourth-order valence-corrected chi connectivity index (χ4v) is 1.70. The first-order valence-corrected chi connectivity index (χ1v) is 5.51. The lowest BCUT2D eigenvalue weighted by atomic mass is 10.1. The fraction of sp³-hybridized carbons (Fsp3) is 0.308. The molecule has 0 atom stereocenters. The van der Waals surface area contributed by atoms with Crippen molar-refractivity contribution in [3.63, 3.8) is 0 Å². The highest BCUT2D eigenvalue weighted by Gasteiger charge is 2.02. The molecule has 0 saturated heterocycles. The van der Waals surface area contributed by atoms with Crippen LogP contribution in [-0.2, 0) is 6.42 Å². The smallest absolute Gasteiger partial charge is 0.106 e. The molecule has 2 N–H and O–H groups in total. The summed E-state index contributed by atoms with van der Waals surface area (Å²) in [6, 6.07) is 8.31. The Hall–Kier alpha value is -1.61. The Balaban J connectivity index is 2.18. The van der Waals surface area contributed by atoms with Crippen LogP contribution in [0.3, 0.4) is 0 Å². The molecule has 1 aromatic heterocycles. The van der Waals surface area contributed by atoms with Gasteiger partial charge in [0.15, 0.2) is 0 Å². The Labute approximate surface area is 95.2 Å². The van der Waals surface area contributed by atoms with E-state index < -0.39 is 0 Å². The van der Waals surface area contributed by atoms with Crippen LogP contribution >= 0.6 is 0 Å². The highest BCUT2D eigenvalue weighted by molar-refractivity contribution is 5.59. The molecule has 0 radical (unpaired) electrons. The normalized spacial score (nSPS) is 10.6. The largest absolute Gasteiger partial charge is 0.396 e. The van der Waals surface area contributed by atoms with Crippen molar-refractivity contribution < 1.29 is 5.11 Å². The number of H-pyrrole nitrogens is 1. The first-order valence-electron chi connectivity index (χ1n) is 5.51. The zero-order valence-electron chi connectivity index (χ0n) is 9.40. The summed E-state index contributed by atoms with van der Waals surface area (Å²) in [5.41, 5.74) is 3.43. The lowest BCUT2D eigenvalue weighted by Gasteiger charge is -1.98. The molecule has 0 fully saturated rings. The van der Waals surface area contributed by atoms with E-state index in [4.69, 9.17) is 5.11 Å². The highest BCUT2D eigenvalue weighted by atomic mass is 16.2. The van der Waals surface area contributed by atoms with Gasteiger partial charge < -0.3 is 10.1 Å². The van der Waals surface area contributed by atoms with Crippen molar-refractivity contribution in [2.24, 2.45) is 0 Å². The SMILES string of the molecule is Cc1cccc(-c2cnc(CCCO)[nH]2)c1. The molecule has 0 saturated carbocycles. The quantitative estimate of drug-likeness (QED) is 0.824. The Morgan fingerprint density at radius 2 is 2.25 bits per heavy atom.